The van der Waals surface area contributed by atoms with Crippen LogP contribution in [0.15, 0.2) is 29.1 Å². The van der Waals surface area contributed by atoms with Crippen molar-refractivity contribution in [3.63, 3.8) is 0 Å². The third kappa shape index (κ3) is 2.20. The summed E-state index contributed by atoms with van der Waals surface area (Å²) in [4.78, 5) is 26.2. The summed E-state index contributed by atoms with van der Waals surface area (Å²) >= 11 is 0. The molecule has 0 bridgehead atoms. The van der Waals surface area contributed by atoms with Crippen LogP contribution in [0.5, 0.6) is 5.75 Å². The minimum Gasteiger partial charge on any atom is -0.496 e. The van der Waals surface area contributed by atoms with Gasteiger partial charge in [-0.3, -0.25) is 9.59 Å². The molecule has 0 aliphatic carbocycles. The quantitative estimate of drug-likeness (QED) is 0.829. The molecule has 0 amide bonds. The first-order chi connectivity index (χ1) is 8.65. The lowest BCUT2D eigenvalue weighted by Crippen LogP contribution is -2.11. The van der Waals surface area contributed by atoms with Crippen LogP contribution < -0.4 is 10.2 Å². The highest BCUT2D eigenvalue weighted by molar-refractivity contribution is 5.85. The molecule has 0 fully saturated rings. The number of aromatic amines is 1. The van der Waals surface area contributed by atoms with Gasteiger partial charge in [0, 0.05) is 11.8 Å². The number of ether oxygens (including phenoxy) is 2. The SMILES string of the molecule is COC(=O)Cc1cc(=O)c2c(OC)cccc2[nH]1. The van der Waals surface area contributed by atoms with Gasteiger partial charge in [0.2, 0.25) is 0 Å². The van der Waals surface area contributed by atoms with E-state index in [0.717, 1.165) is 0 Å². The second-order valence-corrected chi connectivity index (χ2v) is 3.79. The Morgan fingerprint density at radius 2 is 2.11 bits per heavy atom. The molecule has 5 nitrogen and oxygen atoms in total. The van der Waals surface area contributed by atoms with Crippen LogP contribution in [-0.2, 0) is 16.0 Å². The first-order valence-corrected chi connectivity index (χ1v) is 5.41. The number of carbonyl (C=O) groups is 1. The van der Waals surface area contributed by atoms with Gasteiger partial charge < -0.3 is 14.5 Å². The van der Waals surface area contributed by atoms with Crippen LogP contribution in [0, 0.1) is 0 Å². The molecule has 1 heterocycles. The molecule has 1 aromatic heterocycles. The Morgan fingerprint density at radius 1 is 1.33 bits per heavy atom. The second-order valence-electron chi connectivity index (χ2n) is 3.79. The molecule has 0 aliphatic heterocycles. The van der Waals surface area contributed by atoms with E-state index in [-0.39, 0.29) is 11.8 Å². The van der Waals surface area contributed by atoms with Gasteiger partial charge in [0.25, 0.3) is 0 Å². The van der Waals surface area contributed by atoms with Crippen molar-refractivity contribution in [2.24, 2.45) is 0 Å². The number of rotatable bonds is 3. The predicted molar refractivity (Wildman–Crippen MR) is 66.8 cm³/mol. The molecule has 0 atom stereocenters. The number of carbonyl (C=O) groups excluding carboxylic acids is 1. The lowest BCUT2D eigenvalue weighted by Gasteiger charge is -2.06. The summed E-state index contributed by atoms with van der Waals surface area (Å²) in [6.07, 6.45) is 0.0406. The summed E-state index contributed by atoms with van der Waals surface area (Å²) < 4.78 is 9.70. The monoisotopic (exact) mass is 247 g/mol. The molecule has 2 rings (SSSR count). The van der Waals surface area contributed by atoms with Crippen LogP contribution in [0.2, 0.25) is 0 Å². The topological polar surface area (TPSA) is 68.4 Å². The average molecular weight is 247 g/mol. The molecule has 0 radical (unpaired) electrons. The molecule has 94 valence electrons. The number of fused-ring (bicyclic) bond motifs is 1. The minimum absolute atomic E-state index is 0.0406. The predicted octanol–water partition coefficient (Wildman–Crippen LogP) is 1.25. The zero-order chi connectivity index (χ0) is 13.1. The van der Waals surface area contributed by atoms with Crippen LogP contribution in [0.25, 0.3) is 10.9 Å². The van der Waals surface area contributed by atoms with Gasteiger partial charge >= 0.3 is 5.97 Å². The maximum Gasteiger partial charge on any atom is 0.311 e. The summed E-state index contributed by atoms with van der Waals surface area (Å²) in [7, 11) is 2.82. The van der Waals surface area contributed by atoms with E-state index < -0.39 is 5.97 Å². The number of H-pyrrole nitrogens is 1. The number of nitrogens with one attached hydrogen (secondary N) is 1. The third-order valence-corrected chi connectivity index (χ3v) is 2.66. The van der Waals surface area contributed by atoms with E-state index in [9.17, 15) is 9.59 Å². The largest absolute Gasteiger partial charge is 0.496 e. The van der Waals surface area contributed by atoms with Crippen molar-refractivity contribution in [3.8, 4) is 5.75 Å². The molecule has 5 heteroatoms. The number of esters is 1. The zero-order valence-corrected chi connectivity index (χ0v) is 10.1. The number of methoxy groups -OCH3 is 2. The van der Waals surface area contributed by atoms with Crippen LogP contribution in [0.1, 0.15) is 5.69 Å². The maximum absolute atomic E-state index is 12.0. The number of hydrogen-bond acceptors (Lipinski definition) is 4. The van der Waals surface area contributed by atoms with Gasteiger partial charge in [0.05, 0.1) is 31.5 Å². The molecule has 18 heavy (non-hydrogen) atoms. The Hall–Kier alpha value is -2.30. The lowest BCUT2D eigenvalue weighted by molar-refractivity contribution is -0.139. The Balaban J connectivity index is 2.57. The highest BCUT2D eigenvalue weighted by Crippen LogP contribution is 2.20. The smallest absolute Gasteiger partial charge is 0.311 e. The molecule has 0 spiro atoms. The van der Waals surface area contributed by atoms with Gasteiger partial charge in [-0.25, -0.2) is 0 Å². The molecular weight excluding hydrogens is 234 g/mol. The molecule has 1 aromatic carbocycles. The Morgan fingerprint density at radius 3 is 2.78 bits per heavy atom. The Bertz CT molecular complexity index is 645. The van der Waals surface area contributed by atoms with Gasteiger partial charge in [0.15, 0.2) is 5.43 Å². The van der Waals surface area contributed by atoms with Crippen LogP contribution in [0.4, 0.5) is 0 Å². The highest BCUT2D eigenvalue weighted by Gasteiger charge is 2.09. The van der Waals surface area contributed by atoms with E-state index in [4.69, 9.17) is 4.74 Å². The first-order valence-electron chi connectivity index (χ1n) is 5.41. The van der Waals surface area contributed by atoms with Gasteiger partial charge in [0.1, 0.15) is 5.75 Å². The van der Waals surface area contributed by atoms with Gasteiger partial charge in [-0.05, 0) is 12.1 Å². The van der Waals surface area contributed by atoms with Crippen molar-refractivity contribution >= 4 is 16.9 Å². The van der Waals surface area contributed by atoms with Crippen LogP contribution >= 0.6 is 0 Å². The Kier molecular flexibility index (Phi) is 3.32. The fourth-order valence-corrected chi connectivity index (χ4v) is 1.82. The Labute approximate surface area is 103 Å². The number of aromatic nitrogens is 1. The summed E-state index contributed by atoms with van der Waals surface area (Å²) in [5, 5.41) is 0.480. The van der Waals surface area contributed by atoms with Crippen molar-refractivity contribution < 1.29 is 14.3 Å². The summed E-state index contributed by atoms with van der Waals surface area (Å²) in [6.45, 7) is 0. The molecule has 0 aliphatic rings. The number of pyridine rings is 1. The maximum atomic E-state index is 12.0. The third-order valence-electron chi connectivity index (χ3n) is 2.66. The first kappa shape index (κ1) is 12.2. The minimum atomic E-state index is -0.395. The van der Waals surface area contributed by atoms with Gasteiger partial charge in [-0.2, -0.15) is 0 Å². The molecule has 0 saturated carbocycles. The van der Waals surface area contributed by atoms with E-state index in [1.165, 1.54) is 20.3 Å². The zero-order valence-electron chi connectivity index (χ0n) is 10.1. The normalized spacial score (nSPS) is 10.3. The molecule has 1 N–H and O–H groups in total. The van der Waals surface area contributed by atoms with E-state index >= 15 is 0 Å². The van der Waals surface area contributed by atoms with Crippen LogP contribution in [0.3, 0.4) is 0 Å². The standard InChI is InChI=1S/C13H13NO4/c1-17-11-5-3-4-9-13(11)10(15)6-8(14-9)7-12(16)18-2/h3-6H,7H2,1-2H3,(H,14,15). The van der Waals surface area contributed by atoms with Gasteiger partial charge in [-0.1, -0.05) is 6.07 Å². The van der Waals surface area contributed by atoms with Crippen molar-refractivity contribution in [1.29, 1.82) is 0 Å². The summed E-state index contributed by atoms with van der Waals surface area (Å²) in [5.41, 5.74) is 0.980. The van der Waals surface area contributed by atoms with E-state index in [1.807, 2.05) is 0 Å². The van der Waals surface area contributed by atoms with Gasteiger partial charge in [-0.15, -0.1) is 0 Å². The fourth-order valence-electron chi connectivity index (χ4n) is 1.82. The van der Waals surface area contributed by atoms with Crippen molar-refractivity contribution in [2.45, 2.75) is 6.42 Å². The molecule has 2 aromatic rings. The highest BCUT2D eigenvalue weighted by atomic mass is 16.5. The van der Waals surface area contributed by atoms with E-state index in [0.29, 0.717) is 22.3 Å². The summed E-state index contributed by atoms with van der Waals surface area (Å²) in [5.74, 6) is 0.117. The van der Waals surface area contributed by atoms with E-state index in [2.05, 4.69) is 9.72 Å². The number of benzene rings is 1. The second kappa shape index (κ2) is 4.91. The lowest BCUT2D eigenvalue weighted by atomic mass is 10.1. The van der Waals surface area contributed by atoms with Crippen LogP contribution in [-0.4, -0.2) is 25.2 Å². The number of hydrogen-bond donors (Lipinski definition) is 1. The molecule has 0 saturated heterocycles. The van der Waals surface area contributed by atoms with Crippen molar-refractivity contribution in [1.82, 2.24) is 4.98 Å². The fraction of sp³-hybridized carbons (Fsp3) is 0.231. The summed E-state index contributed by atoms with van der Waals surface area (Å²) in [6, 6.07) is 6.65. The van der Waals surface area contributed by atoms with Crippen molar-refractivity contribution in [2.75, 3.05) is 14.2 Å². The average Bonchev–Trinajstić information content (AvgIpc) is 2.37. The molecule has 0 unspecified atom stereocenters. The van der Waals surface area contributed by atoms with Crippen molar-refractivity contribution in [3.05, 3.63) is 40.2 Å². The van der Waals surface area contributed by atoms with E-state index in [1.54, 1.807) is 18.2 Å². The molecular formula is C13H13NO4.